The van der Waals surface area contributed by atoms with E-state index in [-0.39, 0.29) is 0 Å². The monoisotopic (exact) mass is 312 g/mol. The van der Waals surface area contributed by atoms with E-state index in [0.717, 1.165) is 29.3 Å². The van der Waals surface area contributed by atoms with E-state index >= 15 is 0 Å². The van der Waals surface area contributed by atoms with Crippen molar-refractivity contribution in [2.24, 2.45) is 0 Å². The van der Waals surface area contributed by atoms with Crippen LogP contribution >= 0.6 is 15.9 Å². The number of carboxylic acid groups (broad SMARTS) is 1. The molecule has 0 heterocycles. The predicted molar refractivity (Wildman–Crippen MR) is 73.4 cm³/mol. The van der Waals surface area contributed by atoms with Crippen LogP contribution < -0.4 is 4.74 Å². The Bertz CT molecular complexity index is 482. The number of hydrogen-bond acceptors (Lipinski definition) is 2. The first-order chi connectivity index (χ1) is 8.56. The van der Waals surface area contributed by atoms with Crippen LogP contribution in [0.3, 0.4) is 0 Å². The summed E-state index contributed by atoms with van der Waals surface area (Å²) in [6.07, 6.45) is 4.27. The SMILES string of the molecule is COc1c(Br)cc2c(c1C(C)C(=O)O)CCCC2. The Kier molecular flexibility index (Phi) is 3.95. The molecule has 3 nitrogen and oxygen atoms in total. The average molecular weight is 313 g/mol. The van der Waals surface area contributed by atoms with Crippen LogP contribution in [0, 0.1) is 0 Å². The van der Waals surface area contributed by atoms with Crippen LogP contribution in [0.15, 0.2) is 10.5 Å². The number of carboxylic acids is 1. The molecule has 1 aromatic carbocycles. The molecular weight excluding hydrogens is 296 g/mol. The lowest BCUT2D eigenvalue weighted by Gasteiger charge is -2.24. The second kappa shape index (κ2) is 5.31. The Hall–Kier alpha value is -1.03. The number of aliphatic carboxylic acids is 1. The Morgan fingerprint density at radius 2 is 2.11 bits per heavy atom. The molecule has 0 saturated carbocycles. The van der Waals surface area contributed by atoms with E-state index in [9.17, 15) is 9.90 Å². The molecule has 0 radical (unpaired) electrons. The standard InChI is InChI=1S/C14H17BrO3/c1-8(14(16)17)12-10-6-4-3-5-9(10)7-11(15)13(12)18-2/h7-8H,3-6H2,1-2H3,(H,16,17). The number of hydrogen-bond donors (Lipinski definition) is 1. The predicted octanol–water partition coefficient (Wildman–Crippen LogP) is 3.52. The van der Waals surface area contributed by atoms with Gasteiger partial charge in [-0.1, -0.05) is 0 Å². The zero-order chi connectivity index (χ0) is 13.3. The van der Waals surface area contributed by atoms with Crippen LogP contribution in [-0.2, 0) is 17.6 Å². The van der Waals surface area contributed by atoms with Crippen molar-refractivity contribution in [1.82, 2.24) is 0 Å². The summed E-state index contributed by atoms with van der Waals surface area (Å²) in [4.78, 5) is 11.3. The summed E-state index contributed by atoms with van der Waals surface area (Å²) >= 11 is 3.49. The quantitative estimate of drug-likeness (QED) is 0.928. The maximum Gasteiger partial charge on any atom is 0.310 e. The molecule has 0 amide bonds. The van der Waals surface area contributed by atoms with Gasteiger partial charge in [0, 0.05) is 5.56 Å². The number of benzene rings is 1. The van der Waals surface area contributed by atoms with E-state index in [4.69, 9.17) is 4.74 Å². The highest BCUT2D eigenvalue weighted by Gasteiger charge is 2.27. The van der Waals surface area contributed by atoms with Crippen molar-refractivity contribution in [3.63, 3.8) is 0 Å². The third kappa shape index (κ3) is 2.26. The summed E-state index contributed by atoms with van der Waals surface area (Å²) in [7, 11) is 1.59. The van der Waals surface area contributed by atoms with Gasteiger partial charge in [-0.25, -0.2) is 0 Å². The molecule has 1 aromatic rings. The van der Waals surface area contributed by atoms with Crippen molar-refractivity contribution < 1.29 is 14.6 Å². The number of rotatable bonds is 3. The third-order valence-corrected chi connectivity index (χ3v) is 4.19. The minimum atomic E-state index is -0.806. The fourth-order valence-corrected chi connectivity index (χ4v) is 3.32. The van der Waals surface area contributed by atoms with Crippen LogP contribution in [0.4, 0.5) is 0 Å². The van der Waals surface area contributed by atoms with Crippen molar-refractivity contribution in [2.45, 2.75) is 38.5 Å². The third-order valence-electron chi connectivity index (χ3n) is 3.61. The number of methoxy groups -OCH3 is 1. The maximum atomic E-state index is 11.3. The molecule has 0 aliphatic heterocycles. The van der Waals surface area contributed by atoms with Crippen molar-refractivity contribution in [3.05, 3.63) is 27.2 Å². The molecule has 2 rings (SSSR count). The number of aryl methyl sites for hydroxylation is 1. The lowest BCUT2D eigenvalue weighted by atomic mass is 9.83. The Labute approximate surface area is 115 Å². The molecule has 1 atom stereocenters. The highest BCUT2D eigenvalue weighted by atomic mass is 79.9. The Morgan fingerprint density at radius 1 is 1.44 bits per heavy atom. The first-order valence-corrected chi connectivity index (χ1v) is 6.96. The molecule has 1 aliphatic carbocycles. The number of carbonyl (C=O) groups is 1. The molecule has 98 valence electrons. The van der Waals surface area contributed by atoms with E-state index < -0.39 is 11.9 Å². The summed E-state index contributed by atoms with van der Waals surface area (Å²) in [6, 6.07) is 2.07. The van der Waals surface area contributed by atoms with Crippen molar-refractivity contribution in [2.75, 3.05) is 7.11 Å². The summed E-state index contributed by atoms with van der Waals surface area (Å²) in [5, 5.41) is 9.28. The number of fused-ring (bicyclic) bond motifs is 1. The molecule has 0 bridgehead atoms. The smallest absolute Gasteiger partial charge is 0.310 e. The average Bonchev–Trinajstić information content (AvgIpc) is 2.36. The first-order valence-electron chi connectivity index (χ1n) is 6.17. The molecule has 1 N–H and O–H groups in total. The van der Waals surface area contributed by atoms with Crippen LogP contribution in [0.5, 0.6) is 5.75 Å². The molecule has 0 saturated heterocycles. The number of ether oxygens (including phenoxy) is 1. The minimum absolute atomic E-state index is 0.538. The Morgan fingerprint density at radius 3 is 2.72 bits per heavy atom. The summed E-state index contributed by atoms with van der Waals surface area (Å²) < 4.78 is 6.26. The van der Waals surface area contributed by atoms with Gasteiger partial charge in [0.1, 0.15) is 5.75 Å². The van der Waals surface area contributed by atoms with Gasteiger partial charge in [0.2, 0.25) is 0 Å². The zero-order valence-electron chi connectivity index (χ0n) is 10.6. The first kappa shape index (κ1) is 13.4. The molecule has 0 aromatic heterocycles. The molecule has 18 heavy (non-hydrogen) atoms. The van der Waals surface area contributed by atoms with Crippen LogP contribution in [0.1, 0.15) is 42.4 Å². The van der Waals surface area contributed by atoms with Crippen molar-refractivity contribution in [1.29, 1.82) is 0 Å². The topological polar surface area (TPSA) is 46.5 Å². The molecule has 0 fully saturated rings. The van der Waals surface area contributed by atoms with Gasteiger partial charge in [-0.15, -0.1) is 0 Å². The minimum Gasteiger partial charge on any atom is -0.495 e. The maximum absolute atomic E-state index is 11.3. The molecule has 0 spiro atoms. The van der Waals surface area contributed by atoms with E-state index in [1.165, 1.54) is 17.5 Å². The van der Waals surface area contributed by atoms with E-state index in [2.05, 4.69) is 22.0 Å². The van der Waals surface area contributed by atoms with Gasteiger partial charge < -0.3 is 9.84 Å². The molecule has 4 heteroatoms. The highest BCUT2D eigenvalue weighted by Crippen LogP contribution is 2.41. The van der Waals surface area contributed by atoms with E-state index in [0.29, 0.717) is 5.75 Å². The summed E-state index contributed by atoms with van der Waals surface area (Å²) in [5.41, 5.74) is 3.28. The fourth-order valence-electron chi connectivity index (χ4n) is 2.67. The molecule has 1 aliphatic rings. The lowest BCUT2D eigenvalue weighted by Crippen LogP contribution is -2.15. The van der Waals surface area contributed by atoms with Gasteiger partial charge in [0.15, 0.2) is 0 Å². The van der Waals surface area contributed by atoms with Gasteiger partial charge in [-0.3, -0.25) is 4.79 Å². The summed E-state index contributed by atoms with van der Waals surface area (Å²) in [5.74, 6) is -0.672. The van der Waals surface area contributed by atoms with E-state index in [1.54, 1.807) is 14.0 Å². The number of halogens is 1. The van der Waals surface area contributed by atoms with Gasteiger partial charge in [0.05, 0.1) is 17.5 Å². The normalized spacial score (nSPS) is 15.9. The van der Waals surface area contributed by atoms with Gasteiger partial charge >= 0.3 is 5.97 Å². The molecular formula is C14H17BrO3. The zero-order valence-corrected chi connectivity index (χ0v) is 12.2. The largest absolute Gasteiger partial charge is 0.495 e. The second-order valence-electron chi connectivity index (χ2n) is 4.71. The highest BCUT2D eigenvalue weighted by molar-refractivity contribution is 9.10. The Balaban J connectivity index is 2.65. The van der Waals surface area contributed by atoms with Gasteiger partial charge in [-0.05, 0) is 65.7 Å². The van der Waals surface area contributed by atoms with Gasteiger partial charge in [0.25, 0.3) is 0 Å². The molecule has 1 unspecified atom stereocenters. The van der Waals surface area contributed by atoms with Crippen molar-refractivity contribution in [3.8, 4) is 5.75 Å². The fraction of sp³-hybridized carbons (Fsp3) is 0.500. The van der Waals surface area contributed by atoms with Crippen LogP contribution in [0.2, 0.25) is 0 Å². The van der Waals surface area contributed by atoms with Crippen LogP contribution in [-0.4, -0.2) is 18.2 Å². The summed E-state index contributed by atoms with van der Waals surface area (Å²) in [6.45, 7) is 1.72. The second-order valence-corrected chi connectivity index (χ2v) is 5.56. The van der Waals surface area contributed by atoms with E-state index in [1.807, 2.05) is 0 Å². The van der Waals surface area contributed by atoms with Crippen molar-refractivity contribution >= 4 is 21.9 Å². The van der Waals surface area contributed by atoms with Crippen LogP contribution in [0.25, 0.3) is 0 Å². The lowest BCUT2D eigenvalue weighted by molar-refractivity contribution is -0.138. The van der Waals surface area contributed by atoms with Gasteiger partial charge in [-0.2, -0.15) is 0 Å².